The first-order valence-electron chi connectivity index (χ1n) is 12.2. The van der Waals surface area contributed by atoms with Crippen LogP contribution in [0, 0.1) is 11.8 Å². The molecule has 2 amide bonds. The zero-order valence-electron chi connectivity index (χ0n) is 21.6. The van der Waals surface area contributed by atoms with Gasteiger partial charge in [-0.25, -0.2) is 4.90 Å². The topological polar surface area (TPSA) is 113 Å². The molecular formula is C27H30N2O8S. The second-order valence-electron chi connectivity index (χ2n) is 9.28. The SMILES string of the molecule is COC(=O)[C@@]1(CCSC)N[C@@H](c2ccc(OC)cc2OC)[C@@H]2C(=O)N(c3ccc4c(c3)OCCO4)C(=O)[C@H]21. The van der Waals surface area contributed by atoms with Crippen LogP contribution < -0.4 is 29.2 Å². The van der Waals surface area contributed by atoms with Gasteiger partial charge in [-0.15, -0.1) is 0 Å². The fourth-order valence-corrected chi connectivity index (χ4v) is 6.26. The molecule has 0 spiro atoms. The second-order valence-corrected chi connectivity index (χ2v) is 10.3. The summed E-state index contributed by atoms with van der Waals surface area (Å²) in [5.74, 6) is -0.695. The number of anilines is 1. The summed E-state index contributed by atoms with van der Waals surface area (Å²) in [5.41, 5.74) is -0.404. The molecule has 0 aliphatic carbocycles. The Morgan fingerprint density at radius 1 is 1.05 bits per heavy atom. The molecule has 0 saturated carbocycles. The molecule has 5 rings (SSSR count). The number of fused-ring (bicyclic) bond motifs is 2. The van der Waals surface area contributed by atoms with Gasteiger partial charge in [-0.1, -0.05) is 6.07 Å². The summed E-state index contributed by atoms with van der Waals surface area (Å²) >= 11 is 1.54. The quantitative estimate of drug-likeness (QED) is 0.395. The fraction of sp³-hybridized carbons (Fsp3) is 0.444. The van der Waals surface area contributed by atoms with Crippen LogP contribution in [0.25, 0.3) is 0 Å². The van der Waals surface area contributed by atoms with Crippen molar-refractivity contribution in [3.8, 4) is 23.0 Å². The van der Waals surface area contributed by atoms with Gasteiger partial charge >= 0.3 is 5.97 Å². The Morgan fingerprint density at radius 3 is 2.50 bits per heavy atom. The summed E-state index contributed by atoms with van der Waals surface area (Å²) in [4.78, 5) is 42.8. The number of nitrogens with one attached hydrogen (secondary N) is 1. The molecule has 38 heavy (non-hydrogen) atoms. The predicted molar refractivity (Wildman–Crippen MR) is 140 cm³/mol. The number of carbonyl (C=O) groups excluding carboxylic acids is 3. The highest BCUT2D eigenvalue weighted by atomic mass is 32.2. The minimum atomic E-state index is -1.41. The summed E-state index contributed by atoms with van der Waals surface area (Å²) in [7, 11) is 4.36. The summed E-state index contributed by atoms with van der Waals surface area (Å²) < 4.78 is 27.5. The number of hydrogen-bond acceptors (Lipinski definition) is 10. The third kappa shape index (κ3) is 4.04. The van der Waals surface area contributed by atoms with E-state index in [4.69, 9.17) is 23.7 Å². The first-order valence-corrected chi connectivity index (χ1v) is 13.6. The lowest BCUT2D eigenvalue weighted by Crippen LogP contribution is -2.56. The van der Waals surface area contributed by atoms with Crippen LogP contribution in [-0.2, 0) is 19.1 Å². The molecule has 10 nitrogen and oxygen atoms in total. The van der Waals surface area contributed by atoms with E-state index in [0.29, 0.717) is 59.6 Å². The largest absolute Gasteiger partial charge is 0.497 e. The maximum absolute atomic E-state index is 14.1. The molecule has 2 aromatic rings. The van der Waals surface area contributed by atoms with Gasteiger partial charge in [0.25, 0.3) is 0 Å². The molecule has 2 aromatic carbocycles. The van der Waals surface area contributed by atoms with E-state index in [9.17, 15) is 14.4 Å². The van der Waals surface area contributed by atoms with Gasteiger partial charge in [-0.05, 0) is 36.6 Å². The number of rotatable bonds is 8. The third-order valence-corrected chi connectivity index (χ3v) is 8.08. The van der Waals surface area contributed by atoms with Crippen LogP contribution in [0.2, 0.25) is 0 Å². The average molecular weight is 543 g/mol. The van der Waals surface area contributed by atoms with Gasteiger partial charge in [-0.3, -0.25) is 19.7 Å². The van der Waals surface area contributed by atoms with E-state index in [0.717, 1.165) is 4.90 Å². The van der Waals surface area contributed by atoms with Crippen molar-refractivity contribution in [2.45, 2.75) is 18.0 Å². The minimum absolute atomic E-state index is 0.297. The molecule has 1 N–H and O–H groups in total. The molecule has 4 atom stereocenters. The number of esters is 1. The van der Waals surface area contributed by atoms with Crippen molar-refractivity contribution in [3.63, 3.8) is 0 Å². The van der Waals surface area contributed by atoms with Crippen LogP contribution in [0.4, 0.5) is 5.69 Å². The minimum Gasteiger partial charge on any atom is -0.497 e. The fourth-order valence-electron chi connectivity index (χ4n) is 5.74. The van der Waals surface area contributed by atoms with Gasteiger partial charge in [0, 0.05) is 23.7 Å². The van der Waals surface area contributed by atoms with E-state index >= 15 is 0 Å². The molecule has 2 saturated heterocycles. The van der Waals surface area contributed by atoms with E-state index in [1.54, 1.807) is 55.3 Å². The highest BCUT2D eigenvalue weighted by molar-refractivity contribution is 7.98. The van der Waals surface area contributed by atoms with Crippen LogP contribution >= 0.6 is 11.8 Å². The number of amides is 2. The molecule has 0 bridgehead atoms. The van der Waals surface area contributed by atoms with E-state index in [-0.39, 0.29) is 0 Å². The predicted octanol–water partition coefficient (Wildman–Crippen LogP) is 2.59. The van der Waals surface area contributed by atoms with E-state index < -0.39 is 41.2 Å². The van der Waals surface area contributed by atoms with E-state index in [1.165, 1.54) is 14.2 Å². The first kappa shape index (κ1) is 26.2. The monoisotopic (exact) mass is 542 g/mol. The number of ether oxygens (including phenoxy) is 5. The molecule has 0 aromatic heterocycles. The number of methoxy groups -OCH3 is 3. The van der Waals surface area contributed by atoms with Crippen LogP contribution in [0.3, 0.4) is 0 Å². The van der Waals surface area contributed by atoms with Crippen molar-refractivity contribution in [2.75, 3.05) is 51.5 Å². The number of thioether (sulfide) groups is 1. The standard InChI is InChI=1S/C27H30N2O8S/c1-33-16-6-7-17(19(14-16)34-2)23-21-22(27(28-23,9-12-38-4)26(32)35-3)25(31)29(24(21)30)15-5-8-18-20(13-15)37-11-10-36-18/h5-8,13-14,21-23,28H,9-12H2,1-4H3/t21-,22+,23+,27+/m1/s1. The number of nitrogens with zero attached hydrogens (tertiary/aromatic N) is 1. The van der Waals surface area contributed by atoms with Gasteiger partial charge in [0.1, 0.15) is 30.3 Å². The zero-order chi connectivity index (χ0) is 27.0. The highest BCUT2D eigenvalue weighted by Gasteiger charge is 2.69. The van der Waals surface area contributed by atoms with Crippen LogP contribution in [0.1, 0.15) is 18.0 Å². The lowest BCUT2D eigenvalue weighted by atomic mass is 9.77. The smallest absolute Gasteiger partial charge is 0.326 e. The molecule has 202 valence electrons. The Bertz CT molecular complexity index is 1270. The Hall–Kier alpha value is -3.44. The summed E-state index contributed by atoms with van der Waals surface area (Å²) in [6.45, 7) is 0.791. The molecule has 0 radical (unpaired) electrons. The number of hydrogen-bond donors (Lipinski definition) is 1. The molecule has 3 heterocycles. The Kier molecular flexibility index (Phi) is 7.15. The molecule has 3 aliphatic rings. The number of benzene rings is 2. The summed E-state index contributed by atoms with van der Waals surface area (Å²) in [5, 5.41) is 3.38. The van der Waals surface area contributed by atoms with Crippen molar-refractivity contribution in [2.24, 2.45) is 11.8 Å². The van der Waals surface area contributed by atoms with Gasteiger partial charge in [-0.2, -0.15) is 11.8 Å². The van der Waals surface area contributed by atoms with Crippen LogP contribution in [-0.4, -0.2) is 69.9 Å². The van der Waals surface area contributed by atoms with Crippen molar-refractivity contribution in [1.29, 1.82) is 0 Å². The molecule has 3 aliphatic heterocycles. The first-order chi connectivity index (χ1) is 18.4. The van der Waals surface area contributed by atoms with Crippen molar-refractivity contribution < 1.29 is 38.1 Å². The number of imide groups is 1. The lowest BCUT2D eigenvalue weighted by Gasteiger charge is -2.32. The van der Waals surface area contributed by atoms with Crippen molar-refractivity contribution >= 4 is 35.2 Å². The average Bonchev–Trinajstić information content (AvgIpc) is 3.44. The van der Waals surface area contributed by atoms with Crippen LogP contribution in [0.15, 0.2) is 36.4 Å². The third-order valence-electron chi connectivity index (χ3n) is 7.46. The maximum Gasteiger partial charge on any atom is 0.326 e. The normalized spacial score (nSPS) is 25.8. The van der Waals surface area contributed by atoms with Crippen molar-refractivity contribution in [1.82, 2.24) is 5.32 Å². The Labute approximate surface area is 224 Å². The molecular weight excluding hydrogens is 512 g/mol. The van der Waals surface area contributed by atoms with Crippen LogP contribution in [0.5, 0.6) is 23.0 Å². The summed E-state index contributed by atoms with van der Waals surface area (Å²) in [6.07, 6.45) is 2.22. The number of carbonyl (C=O) groups is 3. The van der Waals surface area contributed by atoms with Gasteiger partial charge in [0.15, 0.2) is 11.5 Å². The lowest BCUT2D eigenvalue weighted by molar-refractivity contribution is -0.152. The molecule has 11 heteroatoms. The Balaban J connectivity index is 1.64. The zero-order valence-corrected chi connectivity index (χ0v) is 22.5. The van der Waals surface area contributed by atoms with E-state index in [2.05, 4.69) is 5.32 Å². The van der Waals surface area contributed by atoms with E-state index in [1.807, 2.05) is 6.26 Å². The molecule has 0 unspecified atom stereocenters. The maximum atomic E-state index is 14.1. The summed E-state index contributed by atoms with van der Waals surface area (Å²) in [6, 6.07) is 9.54. The molecule has 2 fully saturated rings. The Morgan fingerprint density at radius 2 is 1.82 bits per heavy atom. The van der Waals surface area contributed by atoms with Gasteiger partial charge in [0.2, 0.25) is 11.8 Å². The van der Waals surface area contributed by atoms with Gasteiger partial charge in [0.05, 0.1) is 38.9 Å². The van der Waals surface area contributed by atoms with Gasteiger partial charge < -0.3 is 23.7 Å². The second kappa shape index (κ2) is 10.4. The van der Waals surface area contributed by atoms with Crippen molar-refractivity contribution in [3.05, 3.63) is 42.0 Å². The highest BCUT2D eigenvalue weighted by Crippen LogP contribution is 2.53.